The van der Waals surface area contributed by atoms with Crippen LogP contribution in [0.25, 0.3) is 0 Å². The number of rotatable bonds is 6. The van der Waals surface area contributed by atoms with Crippen LogP contribution in [0.1, 0.15) is 46.8 Å². The topological polar surface area (TPSA) is 43.4 Å². The zero-order valence-corrected chi connectivity index (χ0v) is 19.9. The van der Waals surface area contributed by atoms with Crippen molar-refractivity contribution in [3.8, 4) is 0 Å². The molecule has 0 aromatic heterocycles. The molecule has 0 saturated heterocycles. The molecule has 0 radical (unpaired) electrons. The summed E-state index contributed by atoms with van der Waals surface area (Å²) in [4.78, 5) is 26.0. The molecule has 0 spiro atoms. The molecule has 0 amide bonds. The van der Waals surface area contributed by atoms with Gasteiger partial charge in [0, 0.05) is 22.6 Å². The standard InChI is InChI=1S/C27H30O3Si/c1-27(2,30-31(3,4)5)26(29)20-12-14-24-22(16-20)17-21-15-19(11-13-23(21)24)25(28)18-9-7-6-8-10-18/h6-16,22,24H,17H2,1-5H3. The summed E-state index contributed by atoms with van der Waals surface area (Å²) < 4.78 is 6.17. The van der Waals surface area contributed by atoms with Crippen LogP contribution in [0.2, 0.25) is 19.6 Å². The van der Waals surface area contributed by atoms with E-state index in [-0.39, 0.29) is 23.4 Å². The van der Waals surface area contributed by atoms with Crippen molar-refractivity contribution < 1.29 is 14.0 Å². The van der Waals surface area contributed by atoms with Crippen molar-refractivity contribution in [2.45, 2.75) is 51.4 Å². The Morgan fingerprint density at radius 2 is 1.71 bits per heavy atom. The van der Waals surface area contributed by atoms with Crippen molar-refractivity contribution >= 4 is 19.9 Å². The summed E-state index contributed by atoms with van der Waals surface area (Å²) in [6.45, 7) is 10.1. The summed E-state index contributed by atoms with van der Waals surface area (Å²) >= 11 is 0. The van der Waals surface area contributed by atoms with E-state index in [1.165, 1.54) is 11.1 Å². The molecule has 160 valence electrons. The number of ketones is 2. The third kappa shape index (κ3) is 4.41. The molecule has 31 heavy (non-hydrogen) atoms. The van der Waals surface area contributed by atoms with Gasteiger partial charge in [-0.25, -0.2) is 0 Å². The van der Waals surface area contributed by atoms with Crippen LogP contribution in [-0.4, -0.2) is 25.5 Å². The maximum Gasteiger partial charge on any atom is 0.193 e. The Hall–Kier alpha value is -2.56. The van der Waals surface area contributed by atoms with Crippen molar-refractivity contribution in [2.75, 3.05) is 0 Å². The molecule has 2 atom stereocenters. The van der Waals surface area contributed by atoms with Crippen LogP contribution in [0.3, 0.4) is 0 Å². The lowest BCUT2D eigenvalue weighted by molar-refractivity contribution is -0.128. The fourth-order valence-electron chi connectivity index (χ4n) is 4.83. The van der Waals surface area contributed by atoms with Crippen molar-refractivity contribution in [3.05, 3.63) is 94.6 Å². The average Bonchev–Trinajstić information content (AvgIpc) is 3.08. The Labute approximate surface area is 186 Å². The van der Waals surface area contributed by atoms with Gasteiger partial charge in [0.15, 0.2) is 19.9 Å². The maximum atomic E-state index is 13.2. The first-order chi connectivity index (χ1) is 14.5. The molecule has 2 aromatic carbocycles. The third-order valence-corrected chi connectivity index (χ3v) is 7.09. The number of allylic oxidation sites excluding steroid dienone is 3. The third-order valence-electron chi connectivity index (χ3n) is 5.96. The highest BCUT2D eigenvalue weighted by molar-refractivity contribution is 6.70. The van der Waals surface area contributed by atoms with E-state index in [1.807, 2.05) is 62.4 Å². The van der Waals surface area contributed by atoms with Gasteiger partial charge >= 0.3 is 0 Å². The number of benzene rings is 2. The Balaban J connectivity index is 1.56. The molecule has 4 heteroatoms. The number of carbonyl (C=O) groups is 2. The Bertz CT molecular complexity index is 1090. The molecular weight excluding hydrogens is 400 g/mol. The molecule has 0 heterocycles. The van der Waals surface area contributed by atoms with Gasteiger partial charge in [-0.3, -0.25) is 9.59 Å². The quantitative estimate of drug-likeness (QED) is 0.425. The minimum atomic E-state index is -1.85. The van der Waals surface area contributed by atoms with Gasteiger partial charge in [0.25, 0.3) is 0 Å². The monoisotopic (exact) mass is 430 g/mol. The fraction of sp³-hybridized carbons (Fsp3) is 0.333. The molecule has 0 fully saturated rings. The molecule has 2 unspecified atom stereocenters. The van der Waals surface area contributed by atoms with Gasteiger partial charge in [0.1, 0.15) is 5.60 Å². The zero-order valence-electron chi connectivity index (χ0n) is 18.9. The van der Waals surface area contributed by atoms with E-state index < -0.39 is 13.9 Å². The highest BCUT2D eigenvalue weighted by Gasteiger charge is 2.38. The largest absolute Gasteiger partial charge is 0.405 e. The molecule has 0 aliphatic heterocycles. The first kappa shape index (κ1) is 21.7. The Kier molecular flexibility index (Phi) is 5.48. The van der Waals surface area contributed by atoms with Gasteiger partial charge in [-0.2, -0.15) is 0 Å². The fourth-order valence-corrected chi connectivity index (χ4v) is 6.45. The summed E-state index contributed by atoms with van der Waals surface area (Å²) in [7, 11) is -1.85. The highest BCUT2D eigenvalue weighted by atomic mass is 28.4. The Morgan fingerprint density at radius 3 is 2.39 bits per heavy atom. The number of hydrogen-bond donors (Lipinski definition) is 0. The number of fused-ring (bicyclic) bond motifs is 3. The summed E-state index contributed by atoms with van der Waals surface area (Å²) in [5.74, 6) is 0.586. The van der Waals surface area contributed by atoms with E-state index >= 15 is 0 Å². The highest BCUT2D eigenvalue weighted by Crippen LogP contribution is 2.43. The van der Waals surface area contributed by atoms with Gasteiger partial charge < -0.3 is 4.43 Å². The zero-order chi connectivity index (χ0) is 22.4. The molecule has 2 aliphatic carbocycles. The van der Waals surface area contributed by atoms with Crippen LogP contribution in [0.4, 0.5) is 0 Å². The average molecular weight is 431 g/mol. The molecule has 2 aliphatic rings. The molecule has 0 bridgehead atoms. The van der Waals surface area contributed by atoms with Crippen LogP contribution in [0.15, 0.2) is 72.3 Å². The predicted molar refractivity (Wildman–Crippen MR) is 127 cm³/mol. The van der Waals surface area contributed by atoms with Gasteiger partial charge in [0.05, 0.1) is 0 Å². The normalized spacial score (nSPS) is 20.1. The van der Waals surface area contributed by atoms with Crippen molar-refractivity contribution in [2.24, 2.45) is 5.92 Å². The van der Waals surface area contributed by atoms with E-state index in [2.05, 4.69) is 37.9 Å². The molecule has 3 nitrogen and oxygen atoms in total. The summed E-state index contributed by atoms with van der Waals surface area (Å²) in [6.07, 6.45) is 7.05. The van der Waals surface area contributed by atoms with Crippen LogP contribution < -0.4 is 0 Å². The molecular formula is C27H30O3Si. The predicted octanol–water partition coefficient (Wildman–Crippen LogP) is 5.87. The molecule has 2 aromatic rings. The second-order valence-electron chi connectivity index (χ2n) is 10.0. The van der Waals surface area contributed by atoms with Crippen LogP contribution >= 0.6 is 0 Å². The van der Waals surface area contributed by atoms with Crippen LogP contribution in [0.5, 0.6) is 0 Å². The molecule has 4 rings (SSSR count). The lowest BCUT2D eigenvalue weighted by Crippen LogP contribution is -2.44. The molecule has 0 saturated carbocycles. The maximum absolute atomic E-state index is 13.2. The first-order valence-electron chi connectivity index (χ1n) is 10.9. The second-order valence-corrected chi connectivity index (χ2v) is 14.5. The smallest absolute Gasteiger partial charge is 0.193 e. The van der Waals surface area contributed by atoms with Gasteiger partial charge in [-0.1, -0.05) is 60.7 Å². The number of carbonyl (C=O) groups excluding carboxylic acids is 2. The van der Waals surface area contributed by atoms with Gasteiger partial charge in [-0.15, -0.1) is 0 Å². The first-order valence-corrected chi connectivity index (χ1v) is 14.3. The summed E-state index contributed by atoms with van der Waals surface area (Å²) in [6, 6.07) is 15.4. The van der Waals surface area contributed by atoms with E-state index in [4.69, 9.17) is 4.43 Å². The summed E-state index contributed by atoms with van der Waals surface area (Å²) in [5.41, 5.74) is 3.79. The van der Waals surface area contributed by atoms with Crippen LogP contribution in [-0.2, 0) is 15.6 Å². The lowest BCUT2D eigenvalue weighted by Gasteiger charge is -2.33. The van der Waals surface area contributed by atoms with E-state index in [0.717, 1.165) is 17.6 Å². The van der Waals surface area contributed by atoms with E-state index in [0.29, 0.717) is 5.56 Å². The summed E-state index contributed by atoms with van der Waals surface area (Å²) in [5, 5.41) is 0. The van der Waals surface area contributed by atoms with Gasteiger partial charge in [0.2, 0.25) is 0 Å². The van der Waals surface area contributed by atoms with E-state index in [9.17, 15) is 9.59 Å². The van der Waals surface area contributed by atoms with Crippen molar-refractivity contribution in [1.82, 2.24) is 0 Å². The minimum absolute atomic E-state index is 0.0422. The SMILES string of the molecule is CC(C)(O[Si](C)(C)C)C(=O)C1=CC2Cc3cc(C(=O)c4ccccc4)ccc3C2C=C1. The number of hydrogen-bond acceptors (Lipinski definition) is 3. The lowest BCUT2D eigenvalue weighted by atomic mass is 9.83. The second kappa shape index (κ2) is 7.85. The minimum Gasteiger partial charge on any atom is -0.405 e. The van der Waals surface area contributed by atoms with Crippen molar-refractivity contribution in [1.29, 1.82) is 0 Å². The van der Waals surface area contributed by atoms with Crippen molar-refractivity contribution in [3.63, 3.8) is 0 Å². The Morgan fingerprint density at radius 1 is 1.00 bits per heavy atom. The molecule has 0 N–H and O–H groups in total. The van der Waals surface area contributed by atoms with Crippen LogP contribution in [0, 0.1) is 5.92 Å². The number of Topliss-reactive ketones (excluding diaryl/α,β-unsaturated/α-hetero) is 1. The van der Waals surface area contributed by atoms with Gasteiger partial charge in [-0.05, 0) is 63.0 Å². The van der Waals surface area contributed by atoms with E-state index in [1.54, 1.807) is 0 Å².